The molecule has 0 aliphatic carbocycles. The Balaban J connectivity index is 2.11. The Morgan fingerprint density at radius 2 is 1.92 bits per heavy atom. The van der Waals surface area contributed by atoms with Gasteiger partial charge in [-0.1, -0.05) is 13.8 Å². The first-order chi connectivity index (χ1) is 11.8. The van der Waals surface area contributed by atoms with Gasteiger partial charge in [0.1, 0.15) is 11.9 Å². The number of nitrogens with zero attached hydrogens (tertiary/aromatic N) is 1. The van der Waals surface area contributed by atoms with Crippen LogP contribution in [0.5, 0.6) is 0 Å². The van der Waals surface area contributed by atoms with E-state index in [1.807, 2.05) is 13.8 Å². The van der Waals surface area contributed by atoms with Gasteiger partial charge in [-0.25, -0.2) is 4.39 Å². The largest absolute Gasteiger partial charge is 0.481 e. The van der Waals surface area contributed by atoms with E-state index >= 15 is 0 Å². The molecule has 1 aliphatic rings. The molecule has 2 amide bonds. The summed E-state index contributed by atoms with van der Waals surface area (Å²) in [6.07, 6.45) is 1.30. The molecular formula is C18H23FN2O4. The smallest absolute Gasteiger partial charge is 0.305 e. The van der Waals surface area contributed by atoms with E-state index in [0.717, 1.165) is 6.42 Å². The molecule has 0 aromatic heterocycles. The number of halogens is 1. The number of rotatable bonds is 6. The minimum atomic E-state index is -0.943. The summed E-state index contributed by atoms with van der Waals surface area (Å²) in [5, 5.41) is 11.7. The molecule has 7 heteroatoms. The quantitative estimate of drug-likeness (QED) is 0.822. The Morgan fingerprint density at radius 3 is 2.48 bits per heavy atom. The molecule has 1 saturated heterocycles. The predicted octanol–water partition coefficient (Wildman–Crippen LogP) is 2.05. The first kappa shape index (κ1) is 18.9. The molecule has 0 bridgehead atoms. The summed E-state index contributed by atoms with van der Waals surface area (Å²) >= 11 is 0. The molecule has 25 heavy (non-hydrogen) atoms. The van der Waals surface area contributed by atoms with Crippen LogP contribution in [0.4, 0.5) is 4.39 Å². The van der Waals surface area contributed by atoms with Crippen molar-refractivity contribution < 1.29 is 23.9 Å². The number of hydrogen-bond donors (Lipinski definition) is 2. The number of carbonyl (C=O) groups excluding carboxylic acids is 2. The monoisotopic (exact) mass is 350 g/mol. The molecule has 2 atom stereocenters. The summed E-state index contributed by atoms with van der Waals surface area (Å²) in [6.45, 7) is 4.12. The summed E-state index contributed by atoms with van der Waals surface area (Å²) in [5.74, 6) is -2.28. The standard InChI is InChI=1S/C18H23FN2O4/c1-11(2)16(20-17(24)12-5-7-13(19)8-6-12)18(25)21-9-3-4-14(21)10-15(22)23/h5-8,11,14,16H,3-4,9-10H2,1-2H3,(H,20,24)(H,22,23). The molecule has 0 spiro atoms. The molecule has 1 aliphatic heterocycles. The minimum absolute atomic E-state index is 0.0948. The molecular weight excluding hydrogens is 327 g/mol. The number of aliphatic carboxylic acids is 1. The van der Waals surface area contributed by atoms with Gasteiger partial charge in [0.15, 0.2) is 0 Å². The fourth-order valence-corrected chi connectivity index (χ4v) is 3.06. The van der Waals surface area contributed by atoms with Gasteiger partial charge in [-0.2, -0.15) is 0 Å². The Labute approximate surface area is 146 Å². The average molecular weight is 350 g/mol. The Morgan fingerprint density at radius 1 is 1.28 bits per heavy atom. The van der Waals surface area contributed by atoms with Crippen LogP contribution in [0.25, 0.3) is 0 Å². The molecule has 1 fully saturated rings. The minimum Gasteiger partial charge on any atom is -0.481 e. The lowest BCUT2D eigenvalue weighted by Gasteiger charge is -2.30. The number of hydrogen-bond acceptors (Lipinski definition) is 3. The molecule has 0 saturated carbocycles. The molecule has 1 aromatic rings. The van der Waals surface area contributed by atoms with Crippen molar-refractivity contribution in [2.24, 2.45) is 5.92 Å². The zero-order valence-electron chi connectivity index (χ0n) is 14.4. The number of likely N-dealkylation sites (tertiary alicyclic amines) is 1. The van der Waals surface area contributed by atoms with Crippen molar-refractivity contribution in [3.63, 3.8) is 0 Å². The number of carbonyl (C=O) groups is 3. The summed E-state index contributed by atoms with van der Waals surface area (Å²) in [7, 11) is 0. The highest BCUT2D eigenvalue weighted by atomic mass is 19.1. The lowest BCUT2D eigenvalue weighted by atomic mass is 10.0. The van der Waals surface area contributed by atoms with Crippen LogP contribution in [0.15, 0.2) is 24.3 Å². The number of carboxylic acids is 1. The molecule has 6 nitrogen and oxygen atoms in total. The normalized spacial score (nSPS) is 18.2. The van der Waals surface area contributed by atoms with Crippen molar-refractivity contribution in [2.45, 2.75) is 45.2 Å². The number of carboxylic acid groups (broad SMARTS) is 1. The third-order valence-corrected chi connectivity index (χ3v) is 4.40. The van der Waals surface area contributed by atoms with E-state index in [1.54, 1.807) is 4.90 Å². The molecule has 2 unspecified atom stereocenters. The van der Waals surface area contributed by atoms with Gasteiger partial charge >= 0.3 is 5.97 Å². The van der Waals surface area contributed by atoms with E-state index in [2.05, 4.69) is 5.32 Å². The van der Waals surface area contributed by atoms with Crippen LogP contribution in [0.3, 0.4) is 0 Å². The summed E-state index contributed by atoms with van der Waals surface area (Å²) in [6, 6.07) is 3.99. The maximum atomic E-state index is 13.0. The van der Waals surface area contributed by atoms with Crippen molar-refractivity contribution in [1.82, 2.24) is 10.2 Å². The first-order valence-electron chi connectivity index (χ1n) is 8.38. The second-order valence-electron chi connectivity index (χ2n) is 6.63. The highest BCUT2D eigenvalue weighted by molar-refractivity contribution is 5.97. The van der Waals surface area contributed by atoms with Gasteiger partial charge in [0.2, 0.25) is 5.91 Å². The van der Waals surface area contributed by atoms with Crippen molar-refractivity contribution in [3.05, 3.63) is 35.6 Å². The van der Waals surface area contributed by atoms with E-state index in [4.69, 9.17) is 5.11 Å². The molecule has 136 valence electrons. The molecule has 1 aromatic carbocycles. The maximum absolute atomic E-state index is 13.0. The number of amides is 2. The maximum Gasteiger partial charge on any atom is 0.305 e. The topological polar surface area (TPSA) is 86.7 Å². The van der Waals surface area contributed by atoms with Gasteiger partial charge in [0.05, 0.1) is 6.42 Å². The SMILES string of the molecule is CC(C)C(NC(=O)c1ccc(F)cc1)C(=O)N1CCCC1CC(=O)O. The predicted molar refractivity (Wildman–Crippen MR) is 89.5 cm³/mol. The van der Waals surface area contributed by atoms with Crippen molar-refractivity contribution in [2.75, 3.05) is 6.54 Å². The van der Waals surface area contributed by atoms with E-state index in [-0.39, 0.29) is 29.9 Å². The average Bonchev–Trinajstić information content (AvgIpc) is 2.99. The van der Waals surface area contributed by atoms with Gasteiger partial charge in [-0.3, -0.25) is 14.4 Å². The summed E-state index contributed by atoms with van der Waals surface area (Å²) < 4.78 is 13.0. The van der Waals surface area contributed by atoms with Crippen LogP contribution < -0.4 is 5.32 Å². The van der Waals surface area contributed by atoms with E-state index in [9.17, 15) is 18.8 Å². The van der Waals surface area contributed by atoms with Crippen molar-refractivity contribution in [3.8, 4) is 0 Å². The Hall–Kier alpha value is -2.44. The van der Waals surface area contributed by atoms with Gasteiger partial charge < -0.3 is 15.3 Å². The van der Waals surface area contributed by atoms with E-state index < -0.39 is 23.7 Å². The van der Waals surface area contributed by atoms with Crippen LogP contribution in [-0.4, -0.2) is 46.4 Å². The van der Waals surface area contributed by atoms with E-state index in [0.29, 0.717) is 13.0 Å². The first-order valence-corrected chi connectivity index (χ1v) is 8.38. The molecule has 0 radical (unpaired) electrons. The fraction of sp³-hybridized carbons (Fsp3) is 0.500. The van der Waals surface area contributed by atoms with Gasteiger partial charge in [0, 0.05) is 18.2 Å². The van der Waals surface area contributed by atoms with Crippen LogP contribution in [0.1, 0.15) is 43.5 Å². The summed E-state index contributed by atoms with van der Waals surface area (Å²) in [4.78, 5) is 37.7. The lowest BCUT2D eigenvalue weighted by Crippen LogP contribution is -2.52. The van der Waals surface area contributed by atoms with Crippen LogP contribution in [-0.2, 0) is 9.59 Å². The Kier molecular flexibility index (Phi) is 6.12. The Bertz CT molecular complexity index is 645. The highest BCUT2D eigenvalue weighted by Gasteiger charge is 2.36. The number of nitrogens with one attached hydrogen (secondary N) is 1. The molecule has 2 rings (SSSR count). The second kappa shape index (κ2) is 8.09. The lowest BCUT2D eigenvalue weighted by molar-refractivity contribution is -0.140. The van der Waals surface area contributed by atoms with Crippen LogP contribution in [0.2, 0.25) is 0 Å². The second-order valence-corrected chi connectivity index (χ2v) is 6.63. The van der Waals surface area contributed by atoms with E-state index in [1.165, 1.54) is 24.3 Å². The van der Waals surface area contributed by atoms with Crippen molar-refractivity contribution >= 4 is 17.8 Å². The third kappa shape index (κ3) is 4.78. The third-order valence-electron chi connectivity index (χ3n) is 4.40. The molecule has 1 heterocycles. The van der Waals surface area contributed by atoms with Gasteiger partial charge in [0.25, 0.3) is 5.91 Å². The summed E-state index contributed by atoms with van der Waals surface area (Å²) in [5.41, 5.74) is 0.267. The van der Waals surface area contributed by atoms with Crippen molar-refractivity contribution in [1.29, 1.82) is 0 Å². The van der Waals surface area contributed by atoms with Crippen LogP contribution >= 0.6 is 0 Å². The fourth-order valence-electron chi connectivity index (χ4n) is 3.06. The van der Waals surface area contributed by atoms with Crippen LogP contribution in [0, 0.1) is 11.7 Å². The highest BCUT2D eigenvalue weighted by Crippen LogP contribution is 2.22. The number of benzene rings is 1. The van der Waals surface area contributed by atoms with Gasteiger partial charge in [-0.15, -0.1) is 0 Å². The zero-order chi connectivity index (χ0) is 18.6. The zero-order valence-corrected chi connectivity index (χ0v) is 14.4. The molecule has 2 N–H and O–H groups in total. The van der Waals surface area contributed by atoms with Gasteiger partial charge in [-0.05, 0) is 43.0 Å².